The van der Waals surface area contributed by atoms with Gasteiger partial charge in [0.15, 0.2) is 0 Å². The number of nitrogens with zero attached hydrogens (tertiary/aromatic N) is 1. The van der Waals surface area contributed by atoms with Crippen LogP contribution in [0, 0.1) is 0 Å². The molecule has 0 spiro atoms. The van der Waals surface area contributed by atoms with E-state index in [0.717, 1.165) is 21.1 Å². The lowest BCUT2D eigenvalue weighted by Crippen LogP contribution is -2.26. The van der Waals surface area contributed by atoms with Crippen LogP contribution < -0.4 is 10.1 Å². The van der Waals surface area contributed by atoms with Gasteiger partial charge >= 0.3 is 11.9 Å². The molecule has 8 heteroatoms. The lowest BCUT2D eigenvalue weighted by atomic mass is 10.1. The highest BCUT2D eigenvalue weighted by Gasteiger charge is 2.23. The molecule has 0 fully saturated rings. The maximum absolute atomic E-state index is 12.6. The molecule has 26 heavy (non-hydrogen) atoms. The fourth-order valence-corrected chi connectivity index (χ4v) is 3.27. The van der Waals surface area contributed by atoms with E-state index in [1.165, 1.54) is 0 Å². The lowest BCUT2D eigenvalue weighted by Gasteiger charge is -2.09. The minimum absolute atomic E-state index is 0.0602. The van der Waals surface area contributed by atoms with Gasteiger partial charge in [0.25, 0.3) is 0 Å². The SMILES string of the molecule is CCOC(=O)CNCc1c(C(=O)OCC)c2cc(OC)c(Br)cc2n1C. The van der Waals surface area contributed by atoms with E-state index in [0.29, 0.717) is 24.5 Å². The first-order valence-corrected chi connectivity index (χ1v) is 9.12. The van der Waals surface area contributed by atoms with Gasteiger partial charge in [-0.05, 0) is 41.9 Å². The van der Waals surface area contributed by atoms with Gasteiger partial charge in [0.2, 0.25) is 0 Å². The first-order valence-electron chi connectivity index (χ1n) is 8.32. The highest BCUT2D eigenvalue weighted by Crippen LogP contribution is 2.35. The Bertz CT molecular complexity index is 816. The Balaban J connectivity index is 2.46. The van der Waals surface area contributed by atoms with Crippen molar-refractivity contribution in [3.8, 4) is 5.75 Å². The summed E-state index contributed by atoms with van der Waals surface area (Å²) >= 11 is 3.47. The van der Waals surface area contributed by atoms with E-state index >= 15 is 0 Å². The standard InChI is InChI=1S/C18H23BrN2O5/c1-5-25-16(22)10-20-9-14-17(18(23)26-6-2)11-7-15(24-4)12(19)8-13(11)21(14)3/h7-8,20H,5-6,9-10H2,1-4H3. The van der Waals surface area contributed by atoms with Crippen molar-refractivity contribution >= 4 is 38.8 Å². The minimum Gasteiger partial charge on any atom is -0.496 e. The normalized spacial score (nSPS) is 10.8. The number of nitrogens with one attached hydrogen (secondary N) is 1. The Kier molecular flexibility index (Phi) is 7.05. The van der Waals surface area contributed by atoms with E-state index in [9.17, 15) is 9.59 Å². The summed E-state index contributed by atoms with van der Waals surface area (Å²) in [5, 5.41) is 3.76. The van der Waals surface area contributed by atoms with E-state index in [-0.39, 0.29) is 19.1 Å². The number of esters is 2. The number of carbonyl (C=O) groups is 2. The number of benzene rings is 1. The van der Waals surface area contributed by atoms with Crippen molar-refractivity contribution in [3.63, 3.8) is 0 Å². The summed E-state index contributed by atoms with van der Waals surface area (Å²) in [6.45, 7) is 4.50. The van der Waals surface area contributed by atoms with Crippen LogP contribution in [0.1, 0.15) is 29.9 Å². The molecule has 2 rings (SSSR count). The number of aryl methyl sites for hydroxylation is 1. The van der Waals surface area contributed by atoms with Gasteiger partial charge in [-0.1, -0.05) is 0 Å². The summed E-state index contributed by atoms with van der Waals surface area (Å²) in [7, 11) is 3.44. The number of halogens is 1. The van der Waals surface area contributed by atoms with Crippen molar-refractivity contribution in [2.75, 3.05) is 26.9 Å². The van der Waals surface area contributed by atoms with Crippen LogP contribution in [0.5, 0.6) is 5.75 Å². The molecule has 1 heterocycles. The number of carbonyl (C=O) groups excluding carboxylic acids is 2. The van der Waals surface area contributed by atoms with Crippen molar-refractivity contribution in [2.45, 2.75) is 20.4 Å². The molecule has 1 aromatic carbocycles. The monoisotopic (exact) mass is 426 g/mol. The Hall–Kier alpha value is -2.06. The van der Waals surface area contributed by atoms with E-state index in [4.69, 9.17) is 14.2 Å². The van der Waals surface area contributed by atoms with Gasteiger partial charge in [-0.3, -0.25) is 4.79 Å². The Morgan fingerprint density at radius 1 is 1.19 bits per heavy atom. The molecule has 0 atom stereocenters. The summed E-state index contributed by atoms with van der Waals surface area (Å²) in [5.41, 5.74) is 2.04. The number of methoxy groups -OCH3 is 1. The average molecular weight is 427 g/mol. The topological polar surface area (TPSA) is 78.8 Å². The maximum atomic E-state index is 12.6. The fourth-order valence-electron chi connectivity index (χ4n) is 2.78. The van der Waals surface area contributed by atoms with E-state index in [2.05, 4.69) is 21.2 Å². The van der Waals surface area contributed by atoms with Crippen molar-refractivity contribution in [1.82, 2.24) is 9.88 Å². The van der Waals surface area contributed by atoms with E-state index in [1.54, 1.807) is 27.0 Å². The quantitative estimate of drug-likeness (QED) is 0.653. The lowest BCUT2D eigenvalue weighted by molar-refractivity contribution is -0.142. The molecule has 0 radical (unpaired) electrons. The number of aromatic nitrogens is 1. The molecule has 0 saturated carbocycles. The van der Waals surface area contributed by atoms with Crippen LogP contribution in [0.4, 0.5) is 0 Å². The third kappa shape index (κ3) is 4.19. The maximum Gasteiger partial charge on any atom is 0.340 e. The number of hydrogen-bond acceptors (Lipinski definition) is 6. The zero-order chi connectivity index (χ0) is 19.3. The molecule has 1 N–H and O–H groups in total. The van der Waals surface area contributed by atoms with Gasteiger partial charge < -0.3 is 24.1 Å². The summed E-state index contributed by atoms with van der Waals surface area (Å²) in [6, 6.07) is 3.70. The van der Waals surface area contributed by atoms with Gasteiger partial charge in [-0.15, -0.1) is 0 Å². The van der Waals surface area contributed by atoms with Crippen LogP contribution >= 0.6 is 15.9 Å². The fraction of sp³-hybridized carbons (Fsp3) is 0.444. The number of hydrogen-bond donors (Lipinski definition) is 1. The van der Waals surface area contributed by atoms with Crippen molar-refractivity contribution in [2.24, 2.45) is 7.05 Å². The van der Waals surface area contributed by atoms with Gasteiger partial charge in [0.05, 0.1) is 42.4 Å². The molecule has 2 aromatic rings. The molecule has 0 saturated heterocycles. The molecule has 7 nitrogen and oxygen atoms in total. The molecule has 0 aliphatic rings. The first kappa shape index (κ1) is 20.3. The molecule has 0 aliphatic carbocycles. The highest BCUT2D eigenvalue weighted by atomic mass is 79.9. The second kappa shape index (κ2) is 9.05. The molecular formula is C18H23BrN2O5. The largest absolute Gasteiger partial charge is 0.496 e. The van der Waals surface area contributed by atoms with Crippen molar-refractivity contribution < 1.29 is 23.8 Å². The second-order valence-electron chi connectivity index (χ2n) is 5.51. The molecule has 142 valence electrons. The summed E-state index contributed by atoms with van der Waals surface area (Å²) in [5.74, 6) is -0.122. The highest BCUT2D eigenvalue weighted by molar-refractivity contribution is 9.10. The van der Waals surface area contributed by atoms with Gasteiger partial charge in [-0.25, -0.2) is 4.79 Å². The molecule has 0 unspecified atom stereocenters. The average Bonchev–Trinajstić information content (AvgIpc) is 2.86. The van der Waals surface area contributed by atoms with Crippen LogP contribution in [0.3, 0.4) is 0 Å². The summed E-state index contributed by atoms with van der Waals surface area (Å²) in [4.78, 5) is 24.1. The number of fused-ring (bicyclic) bond motifs is 1. The van der Waals surface area contributed by atoms with E-state index < -0.39 is 5.97 Å². The van der Waals surface area contributed by atoms with Crippen LogP contribution in [0.2, 0.25) is 0 Å². The second-order valence-corrected chi connectivity index (χ2v) is 6.37. The molecular weight excluding hydrogens is 404 g/mol. The number of rotatable bonds is 8. The van der Waals surface area contributed by atoms with Crippen LogP contribution in [-0.2, 0) is 27.9 Å². The smallest absolute Gasteiger partial charge is 0.340 e. The Labute approximate surface area is 160 Å². The van der Waals surface area contributed by atoms with Crippen LogP contribution in [-0.4, -0.2) is 43.4 Å². The predicted octanol–water partition coefficient (Wildman–Crippen LogP) is 2.78. The molecule has 1 aromatic heterocycles. The summed E-state index contributed by atoms with van der Waals surface area (Å²) < 4.78 is 18.2. The zero-order valence-corrected chi connectivity index (χ0v) is 16.9. The van der Waals surface area contributed by atoms with Gasteiger partial charge in [0, 0.05) is 24.7 Å². The Morgan fingerprint density at radius 2 is 1.88 bits per heavy atom. The van der Waals surface area contributed by atoms with Crippen molar-refractivity contribution in [1.29, 1.82) is 0 Å². The third-order valence-corrected chi connectivity index (χ3v) is 4.56. The Morgan fingerprint density at radius 3 is 2.50 bits per heavy atom. The molecule has 0 bridgehead atoms. The zero-order valence-electron chi connectivity index (χ0n) is 15.3. The predicted molar refractivity (Wildman–Crippen MR) is 101 cm³/mol. The number of ether oxygens (including phenoxy) is 3. The van der Waals surface area contributed by atoms with Crippen molar-refractivity contribution in [3.05, 3.63) is 27.9 Å². The molecule has 0 amide bonds. The van der Waals surface area contributed by atoms with Gasteiger partial charge in [0.1, 0.15) is 5.75 Å². The molecule has 0 aliphatic heterocycles. The van der Waals surface area contributed by atoms with Gasteiger partial charge in [-0.2, -0.15) is 0 Å². The first-order chi connectivity index (χ1) is 12.4. The van der Waals surface area contributed by atoms with Crippen LogP contribution in [0.15, 0.2) is 16.6 Å². The van der Waals surface area contributed by atoms with E-state index in [1.807, 2.05) is 17.7 Å². The minimum atomic E-state index is -0.407. The third-order valence-electron chi connectivity index (χ3n) is 3.94. The summed E-state index contributed by atoms with van der Waals surface area (Å²) in [6.07, 6.45) is 0. The van der Waals surface area contributed by atoms with Crippen LogP contribution in [0.25, 0.3) is 10.9 Å².